The van der Waals surface area contributed by atoms with E-state index in [1.54, 1.807) is 24.5 Å². The maximum Gasteiger partial charge on any atom is 0.146 e. The third kappa shape index (κ3) is 3.44. The van der Waals surface area contributed by atoms with Crippen LogP contribution in [0.1, 0.15) is 5.56 Å². The molecule has 0 atom stereocenters. The van der Waals surface area contributed by atoms with Crippen LogP contribution in [0.5, 0.6) is 0 Å². The molecule has 0 bridgehead atoms. The normalized spacial score (nSPS) is 10.7. The van der Waals surface area contributed by atoms with E-state index in [1.165, 1.54) is 0 Å². The lowest BCUT2D eigenvalue weighted by molar-refractivity contribution is 1.23. The van der Waals surface area contributed by atoms with E-state index < -0.39 is 0 Å². The number of pyridine rings is 1. The van der Waals surface area contributed by atoms with Gasteiger partial charge >= 0.3 is 0 Å². The zero-order valence-corrected chi connectivity index (χ0v) is 10.3. The van der Waals surface area contributed by atoms with E-state index in [2.05, 4.69) is 15.5 Å². The fraction of sp³-hybridized carbons (Fsp3) is 0. The molecule has 0 aliphatic rings. The van der Waals surface area contributed by atoms with Crippen LogP contribution in [0.4, 0.5) is 5.82 Å². The van der Waals surface area contributed by atoms with E-state index in [4.69, 9.17) is 23.2 Å². The number of halogens is 2. The number of hydrazone groups is 1. The van der Waals surface area contributed by atoms with Crippen LogP contribution in [0, 0.1) is 0 Å². The van der Waals surface area contributed by atoms with Gasteiger partial charge in [0.25, 0.3) is 0 Å². The summed E-state index contributed by atoms with van der Waals surface area (Å²) in [5, 5.41) is 5.08. The lowest BCUT2D eigenvalue weighted by atomic mass is 10.2. The second kappa shape index (κ2) is 5.66. The molecule has 1 aromatic carbocycles. The van der Waals surface area contributed by atoms with E-state index >= 15 is 0 Å². The van der Waals surface area contributed by atoms with Crippen molar-refractivity contribution in [3.8, 4) is 0 Å². The Bertz CT molecular complexity index is 527. The maximum absolute atomic E-state index is 5.88. The van der Waals surface area contributed by atoms with Crippen molar-refractivity contribution in [3.05, 3.63) is 58.2 Å². The van der Waals surface area contributed by atoms with Gasteiger partial charge in [-0.05, 0) is 29.8 Å². The van der Waals surface area contributed by atoms with Gasteiger partial charge in [-0.2, -0.15) is 5.10 Å². The van der Waals surface area contributed by atoms with Gasteiger partial charge < -0.3 is 0 Å². The molecule has 5 heteroatoms. The van der Waals surface area contributed by atoms with Crippen LogP contribution in [-0.2, 0) is 0 Å². The summed E-state index contributed by atoms with van der Waals surface area (Å²) in [5.74, 6) is 0.684. The lowest BCUT2D eigenvalue weighted by Crippen LogP contribution is -1.92. The summed E-state index contributed by atoms with van der Waals surface area (Å²) < 4.78 is 0. The van der Waals surface area contributed by atoms with E-state index in [-0.39, 0.29) is 0 Å². The van der Waals surface area contributed by atoms with Crippen molar-refractivity contribution in [2.45, 2.75) is 0 Å². The van der Waals surface area contributed by atoms with Crippen LogP contribution >= 0.6 is 23.2 Å². The van der Waals surface area contributed by atoms with Gasteiger partial charge in [0.1, 0.15) is 5.82 Å². The highest BCUT2D eigenvalue weighted by Crippen LogP contribution is 2.21. The highest BCUT2D eigenvalue weighted by Gasteiger charge is 1.96. The van der Waals surface area contributed by atoms with Crippen LogP contribution in [0.25, 0.3) is 0 Å². The zero-order valence-electron chi connectivity index (χ0n) is 8.77. The molecule has 1 aromatic heterocycles. The third-order valence-electron chi connectivity index (χ3n) is 2.00. The summed E-state index contributed by atoms with van der Waals surface area (Å²) in [4.78, 5) is 4.07. The summed E-state index contributed by atoms with van der Waals surface area (Å²) in [7, 11) is 0. The summed E-state index contributed by atoms with van der Waals surface area (Å²) in [6.07, 6.45) is 3.34. The smallest absolute Gasteiger partial charge is 0.146 e. The molecule has 0 aliphatic heterocycles. The molecule has 0 radical (unpaired) electrons. The van der Waals surface area contributed by atoms with Crippen LogP contribution in [-0.4, -0.2) is 11.2 Å². The molecule has 2 aromatic rings. The summed E-state index contributed by atoms with van der Waals surface area (Å²) in [5.41, 5.74) is 3.67. The number of aromatic nitrogens is 1. The Morgan fingerprint density at radius 2 is 2.00 bits per heavy atom. The first-order valence-electron chi connectivity index (χ1n) is 4.91. The van der Waals surface area contributed by atoms with Crippen molar-refractivity contribution in [2.75, 3.05) is 5.43 Å². The molecule has 0 fully saturated rings. The first kappa shape index (κ1) is 11.9. The number of nitrogens with one attached hydrogen (secondary N) is 1. The molecule has 1 heterocycles. The monoisotopic (exact) mass is 265 g/mol. The van der Waals surface area contributed by atoms with Gasteiger partial charge in [-0.15, -0.1) is 0 Å². The quantitative estimate of drug-likeness (QED) is 0.677. The third-order valence-corrected chi connectivity index (χ3v) is 2.74. The molecule has 17 heavy (non-hydrogen) atoms. The minimum Gasteiger partial charge on any atom is -0.261 e. The second-order valence-corrected chi connectivity index (χ2v) is 4.07. The zero-order chi connectivity index (χ0) is 12.1. The first-order valence-corrected chi connectivity index (χ1v) is 5.66. The molecule has 0 amide bonds. The van der Waals surface area contributed by atoms with E-state index in [0.29, 0.717) is 15.9 Å². The van der Waals surface area contributed by atoms with Crippen LogP contribution in [0.2, 0.25) is 10.0 Å². The number of rotatable bonds is 3. The van der Waals surface area contributed by atoms with Gasteiger partial charge in [0.05, 0.1) is 16.3 Å². The molecule has 86 valence electrons. The number of nitrogens with zero attached hydrogens (tertiary/aromatic N) is 2. The minimum atomic E-state index is 0.508. The number of hydrogen-bond acceptors (Lipinski definition) is 3. The highest BCUT2D eigenvalue weighted by atomic mass is 35.5. The van der Waals surface area contributed by atoms with E-state index in [1.807, 2.05) is 24.3 Å². The van der Waals surface area contributed by atoms with Crippen molar-refractivity contribution >= 4 is 35.2 Å². The molecular weight excluding hydrogens is 257 g/mol. The average molecular weight is 266 g/mol. The highest BCUT2D eigenvalue weighted by molar-refractivity contribution is 6.42. The fourth-order valence-corrected chi connectivity index (χ4v) is 1.50. The minimum absolute atomic E-state index is 0.508. The second-order valence-electron chi connectivity index (χ2n) is 3.26. The Morgan fingerprint density at radius 3 is 2.71 bits per heavy atom. The molecule has 2 rings (SSSR count). The molecule has 0 aliphatic carbocycles. The molecule has 3 nitrogen and oxygen atoms in total. The Morgan fingerprint density at radius 1 is 1.12 bits per heavy atom. The Hall–Kier alpha value is -1.58. The number of benzene rings is 1. The summed E-state index contributed by atoms with van der Waals surface area (Å²) in [6, 6.07) is 10.8. The SMILES string of the molecule is Clc1ccc(/C=N/Nc2ccccn2)cc1Cl. The summed E-state index contributed by atoms with van der Waals surface area (Å²) in [6.45, 7) is 0. The standard InChI is InChI=1S/C12H9Cl2N3/c13-10-5-4-9(7-11(10)14)8-16-17-12-3-1-2-6-15-12/h1-8H,(H,15,17)/b16-8+. The maximum atomic E-state index is 5.88. The van der Waals surface area contributed by atoms with Gasteiger partial charge in [0.15, 0.2) is 0 Å². The van der Waals surface area contributed by atoms with Crippen LogP contribution in [0.3, 0.4) is 0 Å². The van der Waals surface area contributed by atoms with Crippen molar-refractivity contribution < 1.29 is 0 Å². The predicted octanol–water partition coefficient (Wildman–Crippen LogP) is 3.83. The largest absolute Gasteiger partial charge is 0.261 e. The molecule has 0 saturated carbocycles. The van der Waals surface area contributed by atoms with Crippen molar-refractivity contribution in [3.63, 3.8) is 0 Å². The number of hydrogen-bond donors (Lipinski definition) is 1. The lowest BCUT2D eigenvalue weighted by Gasteiger charge is -1.99. The van der Waals surface area contributed by atoms with E-state index in [0.717, 1.165) is 5.56 Å². The fourth-order valence-electron chi connectivity index (χ4n) is 1.19. The van der Waals surface area contributed by atoms with Gasteiger partial charge in [-0.25, -0.2) is 4.98 Å². The van der Waals surface area contributed by atoms with Gasteiger partial charge in [0, 0.05) is 6.20 Å². The average Bonchev–Trinajstić information content (AvgIpc) is 2.35. The summed E-state index contributed by atoms with van der Waals surface area (Å²) >= 11 is 11.7. The van der Waals surface area contributed by atoms with Crippen molar-refractivity contribution in [1.29, 1.82) is 0 Å². The Balaban J connectivity index is 2.03. The number of anilines is 1. The van der Waals surface area contributed by atoms with Gasteiger partial charge in [-0.1, -0.05) is 35.3 Å². The van der Waals surface area contributed by atoms with Crippen molar-refractivity contribution in [1.82, 2.24) is 4.98 Å². The first-order chi connectivity index (χ1) is 8.25. The van der Waals surface area contributed by atoms with Crippen LogP contribution < -0.4 is 5.43 Å². The molecule has 0 saturated heterocycles. The molecule has 1 N–H and O–H groups in total. The molecular formula is C12H9Cl2N3. The Labute approximate surface area is 109 Å². The van der Waals surface area contributed by atoms with E-state index in [9.17, 15) is 0 Å². The predicted molar refractivity (Wildman–Crippen MR) is 71.9 cm³/mol. The van der Waals surface area contributed by atoms with Gasteiger partial charge in [-0.3, -0.25) is 5.43 Å². The Kier molecular flexibility index (Phi) is 3.96. The molecule has 0 unspecified atom stereocenters. The topological polar surface area (TPSA) is 37.3 Å². The van der Waals surface area contributed by atoms with Crippen LogP contribution in [0.15, 0.2) is 47.7 Å². The molecule has 0 spiro atoms. The van der Waals surface area contributed by atoms with Gasteiger partial charge in [0.2, 0.25) is 0 Å². The van der Waals surface area contributed by atoms with Crippen molar-refractivity contribution in [2.24, 2.45) is 5.10 Å².